The van der Waals surface area contributed by atoms with Gasteiger partial charge in [0.15, 0.2) is 0 Å². The van der Waals surface area contributed by atoms with Crippen LogP contribution in [0.4, 0.5) is 11.4 Å². The van der Waals surface area contributed by atoms with Crippen LogP contribution >= 0.6 is 0 Å². The van der Waals surface area contributed by atoms with Crippen molar-refractivity contribution in [2.24, 2.45) is 0 Å². The van der Waals surface area contributed by atoms with Gasteiger partial charge >= 0.3 is 0 Å². The third-order valence-corrected chi connectivity index (χ3v) is 3.21. The average molecular weight is 277 g/mol. The molecule has 104 valence electrons. The van der Waals surface area contributed by atoms with Gasteiger partial charge in [-0.2, -0.15) is 0 Å². The molecule has 0 aliphatic carbocycles. The van der Waals surface area contributed by atoms with Gasteiger partial charge in [0.2, 0.25) is 5.91 Å². The molecule has 0 bridgehead atoms. The smallest absolute Gasteiger partial charge is 0.230 e. The largest absolute Gasteiger partial charge is 0.397 e. The van der Waals surface area contributed by atoms with Crippen LogP contribution in [-0.4, -0.2) is 10.9 Å². The second-order valence-electron chi connectivity index (χ2n) is 4.81. The van der Waals surface area contributed by atoms with E-state index in [1.807, 2.05) is 60.7 Å². The van der Waals surface area contributed by atoms with Crippen molar-refractivity contribution in [1.82, 2.24) is 4.98 Å². The molecular formula is C17H15N3O. The van der Waals surface area contributed by atoms with Crippen LogP contribution in [0.15, 0.2) is 60.7 Å². The molecule has 1 amide bonds. The molecule has 0 radical (unpaired) electrons. The number of carbonyl (C=O) groups is 1. The van der Waals surface area contributed by atoms with E-state index in [1.165, 1.54) is 0 Å². The Labute approximate surface area is 122 Å². The molecule has 0 atom stereocenters. The molecular weight excluding hydrogens is 262 g/mol. The highest BCUT2D eigenvalue weighted by molar-refractivity contribution is 5.93. The molecule has 3 rings (SSSR count). The molecule has 0 saturated carbocycles. The summed E-state index contributed by atoms with van der Waals surface area (Å²) in [4.78, 5) is 16.5. The lowest BCUT2D eigenvalue weighted by Crippen LogP contribution is -2.15. The zero-order chi connectivity index (χ0) is 14.7. The van der Waals surface area contributed by atoms with E-state index in [4.69, 9.17) is 5.73 Å². The first-order chi connectivity index (χ1) is 10.2. The van der Waals surface area contributed by atoms with Gasteiger partial charge in [-0.1, -0.05) is 36.4 Å². The van der Waals surface area contributed by atoms with Crippen molar-refractivity contribution in [3.8, 4) is 0 Å². The van der Waals surface area contributed by atoms with E-state index < -0.39 is 0 Å². The molecule has 21 heavy (non-hydrogen) atoms. The first-order valence-electron chi connectivity index (χ1n) is 6.71. The predicted octanol–water partition coefficient (Wildman–Crippen LogP) is 3.00. The minimum Gasteiger partial charge on any atom is -0.397 e. The molecule has 0 saturated heterocycles. The topological polar surface area (TPSA) is 68.0 Å². The van der Waals surface area contributed by atoms with Crippen molar-refractivity contribution in [2.45, 2.75) is 6.42 Å². The second kappa shape index (κ2) is 5.63. The fourth-order valence-electron chi connectivity index (χ4n) is 2.20. The lowest BCUT2D eigenvalue weighted by molar-refractivity contribution is -0.115. The number of carbonyl (C=O) groups excluding carboxylic acids is 1. The van der Waals surface area contributed by atoms with Crippen molar-refractivity contribution in [2.75, 3.05) is 11.1 Å². The maximum Gasteiger partial charge on any atom is 0.230 e. The lowest BCUT2D eigenvalue weighted by Gasteiger charge is -2.06. The van der Waals surface area contributed by atoms with Gasteiger partial charge in [0, 0.05) is 11.1 Å². The van der Waals surface area contributed by atoms with Crippen molar-refractivity contribution < 1.29 is 4.79 Å². The number of benzene rings is 2. The Bertz CT molecular complexity index is 784. The third-order valence-electron chi connectivity index (χ3n) is 3.21. The molecule has 2 aromatic carbocycles. The number of fused-ring (bicyclic) bond motifs is 1. The van der Waals surface area contributed by atoms with Gasteiger partial charge in [-0.3, -0.25) is 9.78 Å². The normalized spacial score (nSPS) is 10.5. The molecule has 0 spiro atoms. The summed E-state index contributed by atoms with van der Waals surface area (Å²) in [6.45, 7) is 0. The number of rotatable bonds is 3. The molecule has 0 aliphatic rings. The van der Waals surface area contributed by atoms with E-state index in [-0.39, 0.29) is 12.3 Å². The van der Waals surface area contributed by atoms with E-state index in [0.717, 1.165) is 16.6 Å². The Morgan fingerprint density at radius 3 is 2.62 bits per heavy atom. The molecule has 4 nitrogen and oxygen atoms in total. The van der Waals surface area contributed by atoms with E-state index in [9.17, 15) is 4.79 Å². The SMILES string of the molecule is Nc1cccc2ccc(CC(=O)Nc3ccccc3)nc12. The highest BCUT2D eigenvalue weighted by Gasteiger charge is 2.07. The van der Waals surface area contributed by atoms with Crippen LogP contribution in [0.5, 0.6) is 0 Å². The van der Waals surface area contributed by atoms with Gasteiger partial charge in [0.25, 0.3) is 0 Å². The molecule has 3 N–H and O–H groups in total. The second-order valence-corrected chi connectivity index (χ2v) is 4.81. The van der Waals surface area contributed by atoms with Crippen LogP contribution in [0.25, 0.3) is 10.9 Å². The number of hydrogen-bond donors (Lipinski definition) is 2. The summed E-state index contributed by atoms with van der Waals surface area (Å²) in [6, 6.07) is 18.8. The fraction of sp³-hybridized carbons (Fsp3) is 0.0588. The van der Waals surface area contributed by atoms with Crippen molar-refractivity contribution >= 4 is 28.2 Å². The standard InChI is InChI=1S/C17H15N3O/c18-15-8-4-5-12-9-10-14(20-17(12)15)11-16(21)19-13-6-2-1-3-7-13/h1-10H,11,18H2,(H,19,21). The summed E-state index contributed by atoms with van der Waals surface area (Å²) in [5, 5.41) is 3.82. The molecule has 0 unspecified atom stereocenters. The minimum absolute atomic E-state index is 0.0949. The summed E-state index contributed by atoms with van der Waals surface area (Å²) < 4.78 is 0. The first kappa shape index (κ1) is 13.1. The van der Waals surface area contributed by atoms with Crippen molar-refractivity contribution in [3.63, 3.8) is 0 Å². The van der Waals surface area contributed by atoms with E-state index >= 15 is 0 Å². The summed E-state index contributed by atoms with van der Waals surface area (Å²) in [5.41, 5.74) is 8.76. The summed E-state index contributed by atoms with van der Waals surface area (Å²) in [6.07, 6.45) is 0.221. The van der Waals surface area contributed by atoms with Gasteiger partial charge in [-0.05, 0) is 24.3 Å². The number of nitrogens with zero attached hydrogens (tertiary/aromatic N) is 1. The number of amides is 1. The maximum absolute atomic E-state index is 12.0. The number of nitrogens with two attached hydrogens (primary N) is 1. The number of aromatic nitrogens is 1. The molecule has 1 aromatic heterocycles. The van der Waals surface area contributed by atoms with Gasteiger partial charge < -0.3 is 11.1 Å². The number of nitrogens with one attached hydrogen (secondary N) is 1. The van der Waals surface area contributed by atoms with E-state index in [1.54, 1.807) is 0 Å². The number of pyridine rings is 1. The van der Waals surface area contributed by atoms with Crippen LogP contribution in [0.2, 0.25) is 0 Å². The van der Waals surface area contributed by atoms with Crippen LogP contribution < -0.4 is 11.1 Å². The van der Waals surface area contributed by atoms with E-state index in [2.05, 4.69) is 10.3 Å². The van der Waals surface area contributed by atoms with E-state index in [0.29, 0.717) is 11.4 Å². The Morgan fingerprint density at radius 1 is 1.00 bits per heavy atom. The zero-order valence-corrected chi connectivity index (χ0v) is 11.4. The number of anilines is 2. The number of para-hydroxylation sites is 2. The number of hydrogen-bond acceptors (Lipinski definition) is 3. The Morgan fingerprint density at radius 2 is 1.81 bits per heavy atom. The van der Waals surface area contributed by atoms with Gasteiger partial charge in [-0.25, -0.2) is 0 Å². The molecule has 0 fully saturated rings. The van der Waals surface area contributed by atoms with Crippen LogP contribution in [-0.2, 0) is 11.2 Å². The van der Waals surface area contributed by atoms with Crippen LogP contribution in [0, 0.1) is 0 Å². The van der Waals surface area contributed by atoms with Crippen molar-refractivity contribution in [1.29, 1.82) is 0 Å². The lowest BCUT2D eigenvalue weighted by atomic mass is 10.1. The molecule has 0 aliphatic heterocycles. The first-order valence-corrected chi connectivity index (χ1v) is 6.71. The fourth-order valence-corrected chi connectivity index (χ4v) is 2.20. The third kappa shape index (κ3) is 3.00. The molecule has 1 heterocycles. The quantitative estimate of drug-likeness (QED) is 0.723. The molecule has 3 aromatic rings. The summed E-state index contributed by atoms with van der Waals surface area (Å²) in [5.74, 6) is -0.0949. The summed E-state index contributed by atoms with van der Waals surface area (Å²) >= 11 is 0. The predicted molar refractivity (Wildman–Crippen MR) is 84.9 cm³/mol. The average Bonchev–Trinajstić information content (AvgIpc) is 2.49. The van der Waals surface area contributed by atoms with Gasteiger partial charge in [0.05, 0.1) is 23.3 Å². The zero-order valence-electron chi connectivity index (χ0n) is 11.4. The van der Waals surface area contributed by atoms with Gasteiger partial charge in [0.1, 0.15) is 0 Å². The maximum atomic E-state index is 12.0. The van der Waals surface area contributed by atoms with Crippen LogP contribution in [0.3, 0.4) is 0 Å². The Balaban J connectivity index is 1.78. The monoisotopic (exact) mass is 277 g/mol. The molecule has 4 heteroatoms. The van der Waals surface area contributed by atoms with Crippen molar-refractivity contribution in [3.05, 3.63) is 66.4 Å². The van der Waals surface area contributed by atoms with Crippen LogP contribution in [0.1, 0.15) is 5.69 Å². The Hall–Kier alpha value is -2.88. The Kier molecular flexibility index (Phi) is 3.51. The summed E-state index contributed by atoms with van der Waals surface area (Å²) in [7, 11) is 0. The van der Waals surface area contributed by atoms with Gasteiger partial charge in [-0.15, -0.1) is 0 Å². The highest BCUT2D eigenvalue weighted by atomic mass is 16.1. The number of nitrogen functional groups attached to an aromatic ring is 1. The highest BCUT2D eigenvalue weighted by Crippen LogP contribution is 2.19. The minimum atomic E-state index is -0.0949.